The summed E-state index contributed by atoms with van der Waals surface area (Å²) in [7, 11) is 1.65. The second-order valence-electron chi connectivity index (χ2n) is 9.06. The number of nitrogens with two attached hydrogens (primary N) is 1. The van der Waals surface area contributed by atoms with Crippen LogP contribution in [0.3, 0.4) is 0 Å². The lowest BCUT2D eigenvalue weighted by molar-refractivity contribution is -0.130. The first-order chi connectivity index (χ1) is 15.7. The van der Waals surface area contributed by atoms with Crippen molar-refractivity contribution in [1.82, 2.24) is 10.2 Å². The number of nitrogens with one attached hydrogen (secondary N) is 1. The summed E-state index contributed by atoms with van der Waals surface area (Å²) in [5.74, 6) is 0.184. The minimum Gasteiger partial charge on any atom is -0.385 e. The molecule has 2 atom stereocenters. The Morgan fingerprint density at radius 2 is 1.94 bits per heavy atom. The number of carbonyl (C=O) groups excluding carboxylic acids is 2. The fraction of sp³-hybridized carbons (Fsp3) is 0.423. The van der Waals surface area contributed by atoms with Crippen molar-refractivity contribution in [3.63, 3.8) is 0 Å². The summed E-state index contributed by atoms with van der Waals surface area (Å²) in [6.45, 7) is 6.84. The normalized spacial score (nSPS) is 19.4. The standard InChI is InChI=1S/C26H34N4O3/c1-18(2)26(3)16-23(31)30(25(27)29-26)17-19-9-8-12-21(15-19)24(32)28-22(13-14-33-4)20-10-6-5-7-11-20/h5-12,15,18,22H,13-14,16-17H2,1-4H3,(H2,27,29)(H,28,32). The van der Waals surface area contributed by atoms with Gasteiger partial charge in [0.15, 0.2) is 5.96 Å². The van der Waals surface area contributed by atoms with Gasteiger partial charge in [0.2, 0.25) is 5.91 Å². The summed E-state index contributed by atoms with van der Waals surface area (Å²) in [4.78, 5) is 32.0. The van der Waals surface area contributed by atoms with Crippen molar-refractivity contribution in [2.24, 2.45) is 16.6 Å². The highest BCUT2D eigenvalue weighted by molar-refractivity contribution is 5.99. The molecule has 2 unspecified atom stereocenters. The van der Waals surface area contributed by atoms with Gasteiger partial charge in [-0.15, -0.1) is 0 Å². The highest BCUT2D eigenvalue weighted by atomic mass is 16.5. The molecule has 3 rings (SSSR count). The molecule has 0 saturated heterocycles. The van der Waals surface area contributed by atoms with E-state index in [-0.39, 0.29) is 36.3 Å². The van der Waals surface area contributed by atoms with Crippen LogP contribution < -0.4 is 11.1 Å². The van der Waals surface area contributed by atoms with Crippen LogP contribution in [0.1, 0.15) is 61.1 Å². The Morgan fingerprint density at radius 3 is 2.58 bits per heavy atom. The van der Waals surface area contributed by atoms with Gasteiger partial charge in [-0.1, -0.05) is 56.3 Å². The number of aliphatic imine (C=N–C) groups is 1. The van der Waals surface area contributed by atoms with Crippen molar-refractivity contribution in [3.8, 4) is 0 Å². The lowest BCUT2D eigenvalue weighted by Crippen LogP contribution is -2.51. The molecular weight excluding hydrogens is 416 g/mol. The first kappa shape index (κ1) is 24.5. The SMILES string of the molecule is COCCC(NC(=O)c1cccc(CN2C(=O)CC(C)(C(C)C)N=C2N)c1)c1ccccc1. The van der Waals surface area contributed by atoms with Gasteiger partial charge in [0, 0.05) is 19.3 Å². The highest BCUT2D eigenvalue weighted by Crippen LogP contribution is 2.30. The average molecular weight is 451 g/mol. The lowest BCUT2D eigenvalue weighted by atomic mass is 9.84. The maximum absolute atomic E-state index is 13.0. The van der Waals surface area contributed by atoms with E-state index in [9.17, 15) is 9.59 Å². The van der Waals surface area contributed by atoms with Gasteiger partial charge in [-0.2, -0.15) is 0 Å². The molecule has 33 heavy (non-hydrogen) atoms. The molecule has 1 aliphatic rings. The molecular formula is C26H34N4O3. The molecule has 0 spiro atoms. The summed E-state index contributed by atoms with van der Waals surface area (Å²) in [6, 6.07) is 16.9. The van der Waals surface area contributed by atoms with Crippen LogP contribution in [0.15, 0.2) is 59.6 Å². The molecule has 7 heteroatoms. The van der Waals surface area contributed by atoms with Crippen LogP contribution >= 0.6 is 0 Å². The molecule has 1 aliphatic heterocycles. The minimum absolute atomic E-state index is 0.0581. The molecule has 176 valence electrons. The number of rotatable bonds is 9. The molecule has 1 heterocycles. The highest BCUT2D eigenvalue weighted by Gasteiger charge is 2.38. The van der Waals surface area contributed by atoms with Crippen LogP contribution in [0.5, 0.6) is 0 Å². The Bertz CT molecular complexity index is 1010. The molecule has 0 radical (unpaired) electrons. The van der Waals surface area contributed by atoms with Crippen molar-refractivity contribution in [3.05, 3.63) is 71.3 Å². The molecule has 0 aromatic heterocycles. The fourth-order valence-electron chi connectivity index (χ4n) is 3.87. The third-order valence-electron chi connectivity index (χ3n) is 6.35. The van der Waals surface area contributed by atoms with E-state index in [0.29, 0.717) is 25.0 Å². The topological polar surface area (TPSA) is 97.0 Å². The molecule has 0 bridgehead atoms. The van der Waals surface area contributed by atoms with Crippen molar-refractivity contribution in [2.75, 3.05) is 13.7 Å². The van der Waals surface area contributed by atoms with Gasteiger partial charge < -0.3 is 15.8 Å². The van der Waals surface area contributed by atoms with Crippen molar-refractivity contribution in [1.29, 1.82) is 0 Å². The number of guanidine groups is 1. The first-order valence-corrected chi connectivity index (χ1v) is 11.3. The Morgan fingerprint density at radius 1 is 1.21 bits per heavy atom. The van der Waals surface area contributed by atoms with Crippen molar-refractivity contribution < 1.29 is 14.3 Å². The number of hydrogen-bond donors (Lipinski definition) is 2. The quantitative estimate of drug-likeness (QED) is 0.609. The van der Waals surface area contributed by atoms with E-state index in [0.717, 1.165) is 11.1 Å². The van der Waals surface area contributed by atoms with E-state index in [1.807, 2.05) is 63.2 Å². The zero-order chi connectivity index (χ0) is 24.0. The van der Waals surface area contributed by atoms with Crippen LogP contribution in [0, 0.1) is 5.92 Å². The number of ether oxygens (including phenoxy) is 1. The Kier molecular flexibility index (Phi) is 7.87. The molecule has 2 amide bonds. The zero-order valence-electron chi connectivity index (χ0n) is 19.9. The Hall–Kier alpha value is -3.19. The van der Waals surface area contributed by atoms with Gasteiger partial charge in [0.05, 0.1) is 24.5 Å². The van der Waals surface area contributed by atoms with Crippen LogP contribution in [-0.4, -0.2) is 41.9 Å². The van der Waals surface area contributed by atoms with Crippen LogP contribution in [0.4, 0.5) is 0 Å². The Labute approximate surface area is 196 Å². The lowest BCUT2D eigenvalue weighted by Gasteiger charge is -2.37. The third-order valence-corrected chi connectivity index (χ3v) is 6.35. The molecule has 2 aromatic carbocycles. The van der Waals surface area contributed by atoms with Crippen molar-refractivity contribution >= 4 is 17.8 Å². The van der Waals surface area contributed by atoms with Gasteiger partial charge in [-0.25, -0.2) is 4.99 Å². The van der Waals surface area contributed by atoms with Gasteiger partial charge >= 0.3 is 0 Å². The Balaban J connectivity index is 1.75. The van der Waals surface area contributed by atoms with Gasteiger partial charge in [-0.05, 0) is 42.5 Å². The minimum atomic E-state index is -0.492. The van der Waals surface area contributed by atoms with E-state index in [4.69, 9.17) is 10.5 Å². The predicted molar refractivity (Wildman–Crippen MR) is 130 cm³/mol. The van der Waals surface area contributed by atoms with E-state index in [1.54, 1.807) is 19.2 Å². The molecule has 7 nitrogen and oxygen atoms in total. The number of nitrogens with zero attached hydrogens (tertiary/aromatic N) is 2. The summed E-state index contributed by atoms with van der Waals surface area (Å²) in [5.41, 5.74) is 8.04. The fourth-order valence-corrected chi connectivity index (χ4v) is 3.87. The maximum atomic E-state index is 13.0. The number of methoxy groups -OCH3 is 1. The summed E-state index contributed by atoms with van der Waals surface area (Å²) in [5, 5.41) is 3.11. The van der Waals surface area contributed by atoms with Crippen LogP contribution in [0.25, 0.3) is 0 Å². The maximum Gasteiger partial charge on any atom is 0.251 e. The van der Waals surface area contributed by atoms with Crippen molar-refractivity contribution in [2.45, 2.75) is 51.7 Å². The average Bonchev–Trinajstić information content (AvgIpc) is 2.79. The number of amides is 2. The monoisotopic (exact) mass is 450 g/mol. The summed E-state index contributed by atoms with van der Waals surface area (Å²) >= 11 is 0. The van der Waals surface area contributed by atoms with E-state index in [1.165, 1.54) is 4.90 Å². The van der Waals surface area contributed by atoms with E-state index < -0.39 is 5.54 Å². The molecule has 0 aliphatic carbocycles. The number of carbonyl (C=O) groups is 2. The number of benzene rings is 2. The van der Waals surface area contributed by atoms with Gasteiger partial charge in [0.25, 0.3) is 5.91 Å². The van der Waals surface area contributed by atoms with Gasteiger partial charge in [-0.3, -0.25) is 14.5 Å². The summed E-state index contributed by atoms with van der Waals surface area (Å²) in [6.07, 6.45) is 0.972. The second-order valence-corrected chi connectivity index (χ2v) is 9.06. The second kappa shape index (κ2) is 10.6. The smallest absolute Gasteiger partial charge is 0.251 e. The van der Waals surface area contributed by atoms with E-state index in [2.05, 4.69) is 10.3 Å². The van der Waals surface area contributed by atoms with Gasteiger partial charge in [0.1, 0.15) is 0 Å². The predicted octanol–water partition coefficient (Wildman–Crippen LogP) is 3.66. The zero-order valence-corrected chi connectivity index (χ0v) is 19.9. The number of hydrogen-bond acceptors (Lipinski definition) is 5. The van der Waals surface area contributed by atoms with Crippen LogP contribution in [0.2, 0.25) is 0 Å². The first-order valence-electron chi connectivity index (χ1n) is 11.3. The largest absolute Gasteiger partial charge is 0.385 e. The molecule has 3 N–H and O–H groups in total. The molecule has 0 fully saturated rings. The third kappa shape index (κ3) is 5.99. The van der Waals surface area contributed by atoms with E-state index >= 15 is 0 Å². The molecule has 2 aromatic rings. The van der Waals surface area contributed by atoms with Crippen LogP contribution in [-0.2, 0) is 16.1 Å². The summed E-state index contributed by atoms with van der Waals surface area (Å²) < 4.78 is 5.22. The molecule has 0 saturated carbocycles.